The molecule has 1 saturated carbocycles. The summed E-state index contributed by atoms with van der Waals surface area (Å²) in [5, 5.41) is 3.21. The molecule has 3 N–H and O–H groups in total. The van der Waals surface area contributed by atoms with Gasteiger partial charge in [-0.2, -0.15) is 0 Å². The van der Waals surface area contributed by atoms with Crippen LogP contribution in [0.3, 0.4) is 0 Å². The summed E-state index contributed by atoms with van der Waals surface area (Å²) in [6, 6.07) is 3.47. The first-order valence-corrected chi connectivity index (χ1v) is 6.87. The highest BCUT2D eigenvalue weighted by molar-refractivity contribution is 5.91. The van der Waals surface area contributed by atoms with Crippen LogP contribution in [0.25, 0.3) is 0 Å². The molecule has 0 spiro atoms. The number of amides is 1. The Morgan fingerprint density at radius 3 is 2.95 bits per heavy atom. The molecule has 2 rings (SSSR count). The number of nitrogens with two attached hydrogens (primary N) is 1. The summed E-state index contributed by atoms with van der Waals surface area (Å²) in [6.07, 6.45) is 8.26. The first kappa shape index (κ1) is 13.8. The fourth-order valence-corrected chi connectivity index (χ4v) is 2.33. The highest BCUT2D eigenvalue weighted by Crippen LogP contribution is 2.20. The van der Waals surface area contributed by atoms with Gasteiger partial charge in [-0.25, -0.2) is 0 Å². The van der Waals surface area contributed by atoms with Gasteiger partial charge in [0.2, 0.25) is 0 Å². The lowest BCUT2D eigenvalue weighted by Gasteiger charge is -2.22. The molecule has 0 bridgehead atoms. The summed E-state index contributed by atoms with van der Waals surface area (Å²) in [5.41, 5.74) is 6.30. The van der Waals surface area contributed by atoms with E-state index in [4.69, 9.17) is 10.5 Å². The van der Waals surface area contributed by atoms with Gasteiger partial charge in [0.05, 0.1) is 12.7 Å². The number of hydrogen-bond donors (Lipinski definition) is 2. The van der Waals surface area contributed by atoms with E-state index in [2.05, 4.69) is 10.3 Å². The molecule has 1 aliphatic carbocycles. The van der Waals surface area contributed by atoms with Crippen LogP contribution in [0.1, 0.15) is 42.6 Å². The molecule has 0 aliphatic heterocycles. The van der Waals surface area contributed by atoms with Crippen molar-refractivity contribution in [3.05, 3.63) is 24.0 Å². The Hall–Kier alpha value is -1.62. The van der Waals surface area contributed by atoms with E-state index >= 15 is 0 Å². The van der Waals surface area contributed by atoms with Gasteiger partial charge >= 0.3 is 0 Å². The summed E-state index contributed by atoms with van der Waals surface area (Å²) in [6.45, 7) is 1.40. The largest absolute Gasteiger partial charge is 0.383 e. The number of aromatic nitrogens is 1. The van der Waals surface area contributed by atoms with Gasteiger partial charge < -0.3 is 15.8 Å². The minimum absolute atomic E-state index is 0.276. The van der Waals surface area contributed by atoms with E-state index in [0.717, 1.165) is 12.2 Å². The van der Waals surface area contributed by atoms with Crippen molar-refractivity contribution < 1.29 is 9.53 Å². The lowest BCUT2D eigenvalue weighted by molar-refractivity contribution is 0.0347. The number of rotatable bonds is 6. The van der Waals surface area contributed by atoms with Crippen LogP contribution in [0.4, 0.5) is 5.69 Å². The number of pyridine rings is 1. The van der Waals surface area contributed by atoms with Crippen molar-refractivity contribution in [3.63, 3.8) is 0 Å². The molecule has 0 radical (unpaired) electrons. The summed E-state index contributed by atoms with van der Waals surface area (Å²) >= 11 is 0. The van der Waals surface area contributed by atoms with Gasteiger partial charge in [-0.3, -0.25) is 9.78 Å². The molecule has 0 saturated heterocycles. The van der Waals surface area contributed by atoms with Crippen molar-refractivity contribution in [1.29, 1.82) is 0 Å². The SMILES string of the molecule is NC(=O)c1cc(NCCOC2CCCCC2)ccn1. The lowest BCUT2D eigenvalue weighted by Crippen LogP contribution is -2.20. The number of carbonyl (C=O) groups is 1. The summed E-state index contributed by atoms with van der Waals surface area (Å²) in [4.78, 5) is 14.9. The molecule has 1 amide bonds. The minimum Gasteiger partial charge on any atom is -0.383 e. The second kappa shape index (κ2) is 7.09. The van der Waals surface area contributed by atoms with Crippen LogP contribution in [0, 0.1) is 0 Å². The van der Waals surface area contributed by atoms with Crippen LogP contribution in [0.5, 0.6) is 0 Å². The fraction of sp³-hybridized carbons (Fsp3) is 0.571. The molecule has 1 aromatic rings. The Morgan fingerprint density at radius 2 is 2.21 bits per heavy atom. The molecule has 1 aliphatic rings. The zero-order valence-corrected chi connectivity index (χ0v) is 11.1. The van der Waals surface area contributed by atoms with Crippen LogP contribution in [-0.2, 0) is 4.74 Å². The normalized spacial score (nSPS) is 16.2. The average molecular weight is 263 g/mol. The van der Waals surface area contributed by atoms with Crippen LogP contribution >= 0.6 is 0 Å². The molecule has 0 aromatic carbocycles. The van der Waals surface area contributed by atoms with E-state index in [-0.39, 0.29) is 5.69 Å². The first-order valence-electron chi connectivity index (χ1n) is 6.87. The van der Waals surface area contributed by atoms with Gasteiger partial charge in [-0.05, 0) is 25.0 Å². The van der Waals surface area contributed by atoms with Gasteiger partial charge in [-0.15, -0.1) is 0 Å². The average Bonchev–Trinajstić information content (AvgIpc) is 2.45. The molecule has 1 fully saturated rings. The van der Waals surface area contributed by atoms with Crippen LogP contribution in [-0.4, -0.2) is 30.1 Å². The van der Waals surface area contributed by atoms with Crippen LogP contribution < -0.4 is 11.1 Å². The maximum atomic E-state index is 11.0. The summed E-state index contributed by atoms with van der Waals surface area (Å²) < 4.78 is 5.81. The summed E-state index contributed by atoms with van der Waals surface area (Å²) in [5.74, 6) is -0.512. The predicted octanol–water partition coefficient (Wildman–Crippen LogP) is 1.94. The fourth-order valence-electron chi connectivity index (χ4n) is 2.33. The standard InChI is InChI=1S/C14H21N3O2/c15-14(18)13-10-11(6-7-17-13)16-8-9-19-12-4-2-1-3-5-12/h6-7,10,12H,1-5,8-9H2,(H2,15,18)(H,16,17). The number of anilines is 1. The van der Waals surface area contributed by atoms with Crippen LogP contribution in [0.15, 0.2) is 18.3 Å². The summed E-state index contributed by atoms with van der Waals surface area (Å²) in [7, 11) is 0. The Balaban J connectivity index is 1.70. The quantitative estimate of drug-likeness (QED) is 0.769. The number of nitrogens with one attached hydrogen (secondary N) is 1. The smallest absolute Gasteiger partial charge is 0.267 e. The Bertz CT molecular complexity index is 417. The lowest BCUT2D eigenvalue weighted by atomic mass is 9.98. The van der Waals surface area contributed by atoms with Crippen molar-refractivity contribution in [2.45, 2.75) is 38.2 Å². The number of hydrogen-bond acceptors (Lipinski definition) is 4. The maximum absolute atomic E-state index is 11.0. The topological polar surface area (TPSA) is 77.2 Å². The molecule has 5 nitrogen and oxygen atoms in total. The first-order chi connectivity index (χ1) is 9.25. The number of ether oxygens (including phenoxy) is 1. The molecule has 1 aromatic heterocycles. The molecule has 5 heteroatoms. The number of carbonyl (C=O) groups excluding carboxylic acids is 1. The maximum Gasteiger partial charge on any atom is 0.267 e. The zero-order valence-electron chi connectivity index (χ0n) is 11.1. The zero-order chi connectivity index (χ0) is 13.5. The second-order valence-electron chi connectivity index (χ2n) is 4.85. The van der Waals surface area contributed by atoms with E-state index in [1.807, 2.05) is 6.07 Å². The van der Waals surface area contributed by atoms with Crippen LogP contribution in [0.2, 0.25) is 0 Å². The highest BCUT2D eigenvalue weighted by atomic mass is 16.5. The van der Waals surface area contributed by atoms with Crippen molar-refractivity contribution in [2.24, 2.45) is 5.73 Å². The molecule has 0 unspecified atom stereocenters. The van der Waals surface area contributed by atoms with Gasteiger partial charge in [0.1, 0.15) is 5.69 Å². The third kappa shape index (κ3) is 4.52. The number of primary amides is 1. The van der Waals surface area contributed by atoms with E-state index in [1.54, 1.807) is 12.3 Å². The Labute approximate surface area is 113 Å². The van der Waals surface area contributed by atoms with E-state index in [0.29, 0.717) is 12.7 Å². The molecular weight excluding hydrogens is 242 g/mol. The van der Waals surface area contributed by atoms with Crippen molar-refractivity contribution in [3.8, 4) is 0 Å². The van der Waals surface area contributed by atoms with Gasteiger partial charge in [-0.1, -0.05) is 19.3 Å². The third-order valence-electron chi connectivity index (χ3n) is 3.35. The monoisotopic (exact) mass is 263 g/mol. The molecule has 0 atom stereocenters. The Kier molecular flexibility index (Phi) is 5.15. The molecular formula is C14H21N3O2. The van der Waals surface area contributed by atoms with E-state index < -0.39 is 5.91 Å². The van der Waals surface area contributed by atoms with Gasteiger partial charge in [0.25, 0.3) is 5.91 Å². The number of nitrogens with zero attached hydrogens (tertiary/aromatic N) is 1. The molecule has 104 valence electrons. The Morgan fingerprint density at radius 1 is 1.42 bits per heavy atom. The van der Waals surface area contributed by atoms with Crippen molar-refractivity contribution in [1.82, 2.24) is 4.98 Å². The van der Waals surface area contributed by atoms with Gasteiger partial charge in [0, 0.05) is 18.4 Å². The van der Waals surface area contributed by atoms with E-state index in [1.165, 1.54) is 32.1 Å². The molecule has 19 heavy (non-hydrogen) atoms. The molecule has 1 heterocycles. The second-order valence-corrected chi connectivity index (χ2v) is 4.85. The van der Waals surface area contributed by atoms with Crippen molar-refractivity contribution >= 4 is 11.6 Å². The predicted molar refractivity (Wildman–Crippen MR) is 74.1 cm³/mol. The third-order valence-corrected chi connectivity index (χ3v) is 3.35. The van der Waals surface area contributed by atoms with Crippen molar-refractivity contribution in [2.75, 3.05) is 18.5 Å². The van der Waals surface area contributed by atoms with E-state index in [9.17, 15) is 4.79 Å². The van der Waals surface area contributed by atoms with Gasteiger partial charge in [0.15, 0.2) is 0 Å². The minimum atomic E-state index is -0.512. The highest BCUT2D eigenvalue weighted by Gasteiger charge is 2.12.